The maximum Gasteiger partial charge on any atom is 0.244 e. The minimum Gasteiger partial charge on any atom is -0.460 e. The summed E-state index contributed by atoms with van der Waals surface area (Å²) in [6, 6.07) is 15.1. The first-order valence-electron chi connectivity index (χ1n) is 8.92. The molecule has 0 spiro atoms. The van der Waals surface area contributed by atoms with E-state index in [1.54, 1.807) is 12.3 Å². The molecule has 0 radical (unpaired) electrons. The number of carbonyl (C=O) groups excluding carboxylic acids is 1. The number of amides is 1. The standard InChI is InChI=1S/C22H23NO3S/c1-4-20-19(18-7-5-6-8-21(18)26-20)13-14-22(24)23-15(2)16-9-11-17(12-10-16)27(3)25/h5-15H,4H2,1-3H3,(H,23,24)/b14-13+. The van der Waals surface area contributed by atoms with Crippen molar-refractivity contribution in [2.45, 2.75) is 31.2 Å². The summed E-state index contributed by atoms with van der Waals surface area (Å²) in [6.45, 7) is 3.96. The fourth-order valence-electron chi connectivity index (χ4n) is 3.01. The first kappa shape index (κ1) is 19.1. The third-order valence-electron chi connectivity index (χ3n) is 4.50. The molecule has 3 aromatic rings. The largest absolute Gasteiger partial charge is 0.460 e. The molecule has 0 saturated carbocycles. The number of furan rings is 1. The van der Waals surface area contributed by atoms with E-state index in [1.165, 1.54) is 0 Å². The molecule has 1 heterocycles. The molecule has 2 atom stereocenters. The van der Waals surface area contributed by atoms with Crippen molar-refractivity contribution in [1.29, 1.82) is 0 Å². The van der Waals surface area contributed by atoms with E-state index in [-0.39, 0.29) is 11.9 Å². The van der Waals surface area contributed by atoms with E-state index in [9.17, 15) is 9.00 Å². The van der Waals surface area contributed by atoms with Gasteiger partial charge in [0.2, 0.25) is 5.91 Å². The van der Waals surface area contributed by atoms with Gasteiger partial charge < -0.3 is 9.73 Å². The van der Waals surface area contributed by atoms with E-state index >= 15 is 0 Å². The quantitative estimate of drug-likeness (QED) is 0.634. The summed E-state index contributed by atoms with van der Waals surface area (Å²) >= 11 is 0. The molecule has 3 rings (SSSR count). The Morgan fingerprint density at radius 2 is 1.89 bits per heavy atom. The Balaban J connectivity index is 1.73. The molecule has 0 fully saturated rings. The number of fused-ring (bicyclic) bond motifs is 1. The van der Waals surface area contributed by atoms with Crippen molar-refractivity contribution in [3.05, 3.63) is 71.5 Å². The molecule has 2 unspecified atom stereocenters. The fourth-order valence-corrected chi connectivity index (χ4v) is 3.53. The molecule has 0 aliphatic heterocycles. The highest BCUT2D eigenvalue weighted by atomic mass is 32.2. The lowest BCUT2D eigenvalue weighted by Gasteiger charge is -2.13. The van der Waals surface area contributed by atoms with Gasteiger partial charge >= 0.3 is 0 Å². The molecule has 4 nitrogen and oxygen atoms in total. The van der Waals surface area contributed by atoms with E-state index in [4.69, 9.17) is 4.42 Å². The third kappa shape index (κ3) is 4.37. The normalized spacial score (nSPS) is 13.7. The third-order valence-corrected chi connectivity index (χ3v) is 5.44. The number of nitrogens with one attached hydrogen (secondary N) is 1. The zero-order valence-electron chi connectivity index (χ0n) is 15.7. The minimum atomic E-state index is -1.00. The number of rotatable bonds is 6. The van der Waals surface area contributed by atoms with Gasteiger partial charge in [0.05, 0.1) is 6.04 Å². The van der Waals surface area contributed by atoms with Gasteiger partial charge in [0.1, 0.15) is 11.3 Å². The SMILES string of the molecule is CCc1oc2ccccc2c1/C=C/C(=O)NC(C)c1ccc(S(C)=O)cc1. The number of para-hydroxylation sites is 1. The van der Waals surface area contributed by atoms with Gasteiger partial charge in [-0.2, -0.15) is 0 Å². The van der Waals surface area contributed by atoms with Crippen LogP contribution in [-0.4, -0.2) is 16.4 Å². The molecule has 0 aliphatic rings. The zero-order valence-corrected chi connectivity index (χ0v) is 16.5. The summed E-state index contributed by atoms with van der Waals surface area (Å²) < 4.78 is 17.3. The Hall–Kier alpha value is -2.66. The van der Waals surface area contributed by atoms with Crippen molar-refractivity contribution in [2.75, 3.05) is 6.26 Å². The maximum atomic E-state index is 12.4. The van der Waals surface area contributed by atoms with Gasteiger partial charge in [0.25, 0.3) is 0 Å². The monoisotopic (exact) mass is 381 g/mol. The predicted octanol–water partition coefficient (Wildman–Crippen LogP) is 4.62. The van der Waals surface area contributed by atoms with Crippen molar-refractivity contribution >= 4 is 33.8 Å². The Bertz CT molecular complexity index is 1000. The molecule has 0 bridgehead atoms. The van der Waals surface area contributed by atoms with Crippen LogP contribution in [0, 0.1) is 0 Å². The highest BCUT2D eigenvalue weighted by Crippen LogP contribution is 2.27. The second kappa shape index (κ2) is 8.35. The molecule has 0 saturated heterocycles. The van der Waals surface area contributed by atoms with Crippen molar-refractivity contribution < 1.29 is 13.4 Å². The second-order valence-electron chi connectivity index (χ2n) is 6.38. The van der Waals surface area contributed by atoms with Crippen LogP contribution in [0.5, 0.6) is 0 Å². The molecule has 27 heavy (non-hydrogen) atoms. The Kier molecular flexibility index (Phi) is 5.91. The Morgan fingerprint density at radius 3 is 2.56 bits per heavy atom. The number of carbonyl (C=O) groups is 1. The van der Waals surface area contributed by atoms with Gasteiger partial charge in [0.15, 0.2) is 0 Å². The summed E-state index contributed by atoms with van der Waals surface area (Å²) in [6.07, 6.45) is 5.77. The van der Waals surface area contributed by atoms with E-state index in [1.807, 2.05) is 68.5 Å². The molecule has 0 aliphatic carbocycles. The van der Waals surface area contributed by atoms with Crippen molar-refractivity contribution in [3.63, 3.8) is 0 Å². The lowest BCUT2D eigenvalue weighted by molar-refractivity contribution is -0.117. The first-order valence-corrected chi connectivity index (χ1v) is 10.5. The highest BCUT2D eigenvalue weighted by molar-refractivity contribution is 7.84. The summed E-state index contributed by atoms with van der Waals surface area (Å²) in [5.41, 5.74) is 2.75. The van der Waals surface area contributed by atoms with Crippen LogP contribution >= 0.6 is 0 Å². The molecule has 1 aromatic heterocycles. The summed E-state index contributed by atoms with van der Waals surface area (Å²) in [5.74, 6) is 0.703. The fraction of sp³-hybridized carbons (Fsp3) is 0.227. The molecule has 1 N–H and O–H groups in total. The molecule has 140 valence electrons. The topological polar surface area (TPSA) is 59.3 Å². The lowest BCUT2D eigenvalue weighted by atomic mass is 10.1. The molecule has 2 aromatic carbocycles. The van der Waals surface area contributed by atoms with Gasteiger partial charge in [-0.15, -0.1) is 0 Å². The number of hydrogen-bond donors (Lipinski definition) is 1. The van der Waals surface area contributed by atoms with Gasteiger partial charge in [-0.05, 0) is 36.8 Å². The van der Waals surface area contributed by atoms with E-state index in [0.29, 0.717) is 0 Å². The number of aryl methyl sites for hydroxylation is 1. The summed E-state index contributed by atoms with van der Waals surface area (Å²) in [5, 5.41) is 3.97. The van der Waals surface area contributed by atoms with Crippen molar-refractivity contribution in [1.82, 2.24) is 5.32 Å². The highest BCUT2D eigenvalue weighted by Gasteiger charge is 2.11. The van der Waals surface area contributed by atoms with E-state index in [2.05, 4.69) is 5.32 Å². The molecule has 1 amide bonds. The van der Waals surface area contributed by atoms with Gasteiger partial charge in [0, 0.05) is 45.4 Å². The predicted molar refractivity (Wildman–Crippen MR) is 110 cm³/mol. The first-order chi connectivity index (χ1) is 13.0. The van der Waals surface area contributed by atoms with Gasteiger partial charge in [-0.25, -0.2) is 0 Å². The van der Waals surface area contributed by atoms with Crippen LogP contribution in [0.2, 0.25) is 0 Å². The van der Waals surface area contributed by atoms with Crippen LogP contribution in [0.3, 0.4) is 0 Å². The average Bonchev–Trinajstić information content (AvgIpc) is 3.04. The number of hydrogen-bond acceptors (Lipinski definition) is 3. The van der Waals surface area contributed by atoms with Gasteiger partial charge in [-0.3, -0.25) is 9.00 Å². The smallest absolute Gasteiger partial charge is 0.244 e. The van der Waals surface area contributed by atoms with Crippen LogP contribution in [0.25, 0.3) is 17.0 Å². The molecular formula is C22H23NO3S. The van der Waals surface area contributed by atoms with Crippen LogP contribution in [-0.2, 0) is 22.0 Å². The summed E-state index contributed by atoms with van der Waals surface area (Å²) in [7, 11) is -1.00. The van der Waals surface area contributed by atoms with Crippen molar-refractivity contribution in [2.24, 2.45) is 0 Å². The minimum absolute atomic E-state index is 0.145. The molecular weight excluding hydrogens is 358 g/mol. The second-order valence-corrected chi connectivity index (χ2v) is 7.76. The van der Waals surface area contributed by atoms with Crippen LogP contribution in [0.15, 0.2) is 63.9 Å². The molecule has 5 heteroatoms. The average molecular weight is 381 g/mol. The number of benzene rings is 2. The van der Waals surface area contributed by atoms with Crippen molar-refractivity contribution in [3.8, 4) is 0 Å². The van der Waals surface area contributed by atoms with E-state index < -0.39 is 10.8 Å². The van der Waals surface area contributed by atoms with Gasteiger partial charge in [-0.1, -0.05) is 37.3 Å². The Morgan fingerprint density at radius 1 is 1.19 bits per heavy atom. The Labute approximate surface area is 161 Å². The summed E-state index contributed by atoms with van der Waals surface area (Å²) in [4.78, 5) is 13.1. The van der Waals surface area contributed by atoms with Crippen LogP contribution in [0.1, 0.15) is 36.8 Å². The maximum absolute atomic E-state index is 12.4. The van der Waals surface area contributed by atoms with Crippen LogP contribution < -0.4 is 5.32 Å². The lowest BCUT2D eigenvalue weighted by Crippen LogP contribution is -2.24. The zero-order chi connectivity index (χ0) is 19.4. The van der Waals surface area contributed by atoms with E-state index in [0.717, 1.165) is 39.2 Å². The van der Waals surface area contributed by atoms with Crippen LogP contribution in [0.4, 0.5) is 0 Å².